The topological polar surface area (TPSA) is 43.4 Å². The van der Waals surface area contributed by atoms with Crippen LogP contribution in [0.1, 0.15) is 31.7 Å². The van der Waals surface area contributed by atoms with Gasteiger partial charge in [-0.3, -0.25) is 9.59 Å². The monoisotopic (exact) mass is 324 g/mol. The minimum absolute atomic E-state index is 0.0221. The molecule has 0 saturated heterocycles. The lowest BCUT2D eigenvalue weighted by atomic mass is 9.79. The van der Waals surface area contributed by atoms with Gasteiger partial charge in [-0.2, -0.15) is 0 Å². The van der Waals surface area contributed by atoms with Crippen molar-refractivity contribution in [1.29, 1.82) is 0 Å². The van der Waals surface area contributed by atoms with E-state index in [1.54, 1.807) is 6.92 Å². The molecule has 1 atom stereocenters. The molecule has 0 aliphatic heterocycles. The van der Waals surface area contributed by atoms with E-state index in [1.807, 2.05) is 24.3 Å². The Morgan fingerprint density at radius 1 is 1.37 bits per heavy atom. The lowest BCUT2D eigenvalue weighted by molar-refractivity contribution is -0.158. The summed E-state index contributed by atoms with van der Waals surface area (Å²) in [6.45, 7) is 2.08. The van der Waals surface area contributed by atoms with E-state index in [4.69, 9.17) is 4.74 Å². The van der Waals surface area contributed by atoms with E-state index in [0.29, 0.717) is 25.9 Å². The Kier molecular flexibility index (Phi) is 4.40. The van der Waals surface area contributed by atoms with Crippen LogP contribution < -0.4 is 0 Å². The summed E-state index contributed by atoms with van der Waals surface area (Å²) in [4.78, 5) is 24.4. The van der Waals surface area contributed by atoms with Crippen molar-refractivity contribution < 1.29 is 14.3 Å². The molecule has 1 saturated carbocycles. The summed E-state index contributed by atoms with van der Waals surface area (Å²) in [6.07, 6.45) is 2.29. The number of ether oxygens (including phenoxy) is 1. The number of hydrogen-bond donors (Lipinski definition) is 0. The van der Waals surface area contributed by atoms with Crippen molar-refractivity contribution in [2.75, 3.05) is 6.61 Å². The van der Waals surface area contributed by atoms with E-state index in [9.17, 15) is 9.59 Å². The summed E-state index contributed by atoms with van der Waals surface area (Å²) in [5, 5.41) is 0. The third-order valence-corrected chi connectivity index (χ3v) is 4.16. The zero-order valence-corrected chi connectivity index (χ0v) is 12.5. The average Bonchev–Trinajstić information content (AvgIpc) is 2.75. The Morgan fingerprint density at radius 2 is 2.05 bits per heavy atom. The van der Waals surface area contributed by atoms with Gasteiger partial charge in [-0.05, 0) is 43.9 Å². The van der Waals surface area contributed by atoms with Crippen molar-refractivity contribution in [3.05, 3.63) is 34.3 Å². The number of ketones is 1. The molecule has 3 nitrogen and oxygen atoms in total. The minimum Gasteiger partial charge on any atom is -0.465 e. The standard InChI is InChI=1S/C15H17BrO3/c1-2-19-14(18)15(9-3-4-13(15)17)10-11-5-7-12(16)8-6-11/h5-8H,2-4,9-10H2,1H3. The van der Waals surface area contributed by atoms with Gasteiger partial charge in [-0.25, -0.2) is 0 Å². The third kappa shape index (κ3) is 2.89. The second kappa shape index (κ2) is 5.87. The summed E-state index contributed by atoms with van der Waals surface area (Å²) in [7, 11) is 0. The normalized spacial score (nSPS) is 22.5. The van der Waals surface area contributed by atoms with Gasteiger partial charge in [0.05, 0.1) is 6.61 Å². The Hall–Kier alpha value is -1.16. The fourth-order valence-electron chi connectivity index (χ4n) is 2.62. The average molecular weight is 325 g/mol. The van der Waals surface area contributed by atoms with Gasteiger partial charge in [0.25, 0.3) is 0 Å². The minimum atomic E-state index is -0.955. The molecule has 1 unspecified atom stereocenters. The van der Waals surface area contributed by atoms with Crippen LogP contribution in [0.5, 0.6) is 0 Å². The molecule has 0 N–H and O–H groups in total. The molecule has 19 heavy (non-hydrogen) atoms. The van der Waals surface area contributed by atoms with Crippen LogP contribution >= 0.6 is 15.9 Å². The lowest BCUT2D eigenvalue weighted by Gasteiger charge is -2.25. The van der Waals surface area contributed by atoms with Crippen molar-refractivity contribution in [1.82, 2.24) is 0 Å². The Labute approximate surface area is 121 Å². The molecule has 2 rings (SSSR count). The summed E-state index contributed by atoms with van der Waals surface area (Å²) in [5.74, 6) is -0.339. The number of rotatable bonds is 4. The first-order chi connectivity index (χ1) is 9.08. The van der Waals surface area contributed by atoms with Gasteiger partial charge >= 0.3 is 5.97 Å². The van der Waals surface area contributed by atoms with Gasteiger partial charge in [0.1, 0.15) is 5.41 Å². The first-order valence-electron chi connectivity index (χ1n) is 6.53. The summed E-state index contributed by atoms with van der Waals surface area (Å²) < 4.78 is 6.11. The van der Waals surface area contributed by atoms with Crippen LogP contribution in [0.25, 0.3) is 0 Å². The highest BCUT2D eigenvalue weighted by molar-refractivity contribution is 9.10. The lowest BCUT2D eigenvalue weighted by Crippen LogP contribution is -2.39. The van der Waals surface area contributed by atoms with Gasteiger partial charge in [0.15, 0.2) is 5.78 Å². The predicted molar refractivity (Wildman–Crippen MR) is 75.8 cm³/mol. The fraction of sp³-hybridized carbons (Fsp3) is 0.467. The van der Waals surface area contributed by atoms with Crippen LogP contribution in [-0.2, 0) is 20.7 Å². The molecule has 0 aromatic heterocycles. The Bertz CT molecular complexity index is 481. The predicted octanol–water partition coefficient (Wildman–Crippen LogP) is 3.29. The zero-order valence-electron chi connectivity index (χ0n) is 10.9. The Morgan fingerprint density at radius 3 is 2.58 bits per heavy atom. The molecule has 0 radical (unpaired) electrons. The quantitative estimate of drug-likeness (QED) is 0.630. The molecule has 4 heteroatoms. The summed E-state index contributed by atoms with van der Waals surface area (Å²) in [5.41, 5.74) is 0.0376. The maximum absolute atomic E-state index is 12.2. The highest BCUT2D eigenvalue weighted by atomic mass is 79.9. The molecule has 0 heterocycles. The molecule has 1 aliphatic rings. The van der Waals surface area contributed by atoms with Crippen LogP contribution in [0.4, 0.5) is 0 Å². The van der Waals surface area contributed by atoms with Crippen molar-refractivity contribution >= 4 is 27.7 Å². The van der Waals surface area contributed by atoms with Gasteiger partial charge in [-0.15, -0.1) is 0 Å². The first kappa shape index (κ1) is 14.3. The van der Waals surface area contributed by atoms with Crippen molar-refractivity contribution in [2.24, 2.45) is 5.41 Å². The molecule has 1 aromatic carbocycles. The van der Waals surface area contributed by atoms with E-state index in [0.717, 1.165) is 16.5 Å². The van der Waals surface area contributed by atoms with Gasteiger partial charge in [-0.1, -0.05) is 28.1 Å². The van der Waals surface area contributed by atoms with Crippen LogP contribution in [0.15, 0.2) is 28.7 Å². The third-order valence-electron chi connectivity index (χ3n) is 3.63. The highest BCUT2D eigenvalue weighted by Crippen LogP contribution is 2.39. The molecule has 1 fully saturated rings. The number of carbonyl (C=O) groups is 2. The van der Waals surface area contributed by atoms with Crippen molar-refractivity contribution in [3.63, 3.8) is 0 Å². The molecular weight excluding hydrogens is 308 g/mol. The highest BCUT2D eigenvalue weighted by Gasteiger charge is 2.49. The van der Waals surface area contributed by atoms with Crippen LogP contribution in [-0.4, -0.2) is 18.4 Å². The maximum Gasteiger partial charge on any atom is 0.319 e. The summed E-state index contributed by atoms with van der Waals surface area (Å²) in [6, 6.07) is 7.73. The molecule has 0 spiro atoms. The fourth-order valence-corrected chi connectivity index (χ4v) is 2.89. The van der Waals surface area contributed by atoms with Crippen molar-refractivity contribution in [3.8, 4) is 0 Å². The van der Waals surface area contributed by atoms with E-state index in [-0.39, 0.29) is 11.8 Å². The number of carbonyl (C=O) groups excluding carboxylic acids is 2. The molecule has 0 amide bonds. The number of halogens is 1. The van der Waals surface area contributed by atoms with Gasteiger partial charge in [0, 0.05) is 10.9 Å². The molecule has 102 valence electrons. The number of Topliss-reactive ketones (excluding diaryl/α,β-unsaturated/α-hetero) is 1. The number of esters is 1. The van der Waals surface area contributed by atoms with Crippen molar-refractivity contribution in [2.45, 2.75) is 32.6 Å². The zero-order chi connectivity index (χ0) is 13.9. The largest absolute Gasteiger partial charge is 0.465 e. The second-order valence-corrected chi connectivity index (χ2v) is 5.80. The molecule has 0 bridgehead atoms. The van der Waals surface area contributed by atoms with E-state index in [1.165, 1.54) is 0 Å². The van der Waals surface area contributed by atoms with Gasteiger partial charge in [0.2, 0.25) is 0 Å². The van der Waals surface area contributed by atoms with E-state index >= 15 is 0 Å². The molecule has 1 aromatic rings. The van der Waals surface area contributed by atoms with Gasteiger partial charge < -0.3 is 4.74 Å². The van der Waals surface area contributed by atoms with Crippen LogP contribution in [0.3, 0.4) is 0 Å². The SMILES string of the molecule is CCOC(=O)C1(Cc2ccc(Br)cc2)CCCC1=O. The number of hydrogen-bond acceptors (Lipinski definition) is 3. The molecular formula is C15H17BrO3. The van der Waals surface area contributed by atoms with Crippen LogP contribution in [0, 0.1) is 5.41 Å². The summed E-state index contributed by atoms with van der Waals surface area (Å²) >= 11 is 3.38. The second-order valence-electron chi connectivity index (χ2n) is 4.88. The van der Waals surface area contributed by atoms with E-state index in [2.05, 4.69) is 15.9 Å². The smallest absolute Gasteiger partial charge is 0.319 e. The first-order valence-corrected chi connectivity index (χ1v) is 7.33. The van der Waals surface area contributed by atoms with Crippen LogP contribution in [0.2, 0.25) is 0 Å². The Balaban J connectivity index is 2.26. The molecule has 1 aliphatic carbocycles. The van der Waals surface area contributed by atoms with E-state index < -0.39 is 5.41 Å². The maximum atomic E-state index is 12.2. The number of benzene rings is 1.